The second-order valence-electron chi connectivity index (χ2n) is 5.00. The van der Waals surface area contributed by atoms with Gasteiger partial charge in [-0.25, -0.2) is 0 Å². The van der Waals surface area contributed by atoms with Crippen molar-refractivity contribution in [3.05, 3.63) is 29.3 Å². The third-order valence-corrected chi connectivity index (χ3v) is 3.17. The smallest absolute Gasteiger partial charge is 0.145 e. The molecule has 0 fully saturated rings. The summed E-state index contributed by atoms with van der Waals surface area (Å²) >= 11 is 0. The van der Waals surface area contributed by atoms with Crippen LogP contribution in [-0.4, -0.2) is 16.8 Å². The van der Waals surface area contributed by atoms with Crippen molar-refractivity contribution in [3.63, 3.8) is 0 Å². The summed E-state index contributed by atoms with van der Waals surface area (Å²) in [5, 5.41) is 6.95. The monoisotopic (exact) mass is 259 g/mol. The minimum atomic E-state index is 0.404. The van der Waals surface area contributed by atoms with Crippen LogP contribution in [0.5, 0.6) is 5.75 Å². The van der Waals surface area contributed by atoms with Crippen molar-refractivity contribution in [2.24, 2.45) is 0 Å². The maximum absolute atomic E-state index is 5.72. The number of anilines is 1. The van der Waals surface area contributed by atoms with Gasteiger partial charge in [0, 0.05) is 11.6 Å². The molecule has 4 heteroatoms. The van der Waals surface area contributed by atoms with Crippen molar-refractivity contribution in [3.8, 4) is 17.0 Å². The highest BCUT2D eigenvalue weighted by Gasteiger charge is 2.13. The highest BCUT2D eigenvalue weighted by atomic mass is 16.5. The Kier molecular flexibility index (Phi) is 3.79. The van der Waals surface area contributed by atoms with E-state index in [4.69, 9.17) is 10.5 Å². The van der Waals surface area contributed by atoms with Gasteiger partial charge in [-0.15, -0.1) is 0 Å². The average Bonchev–Trinajstić information content (AvgIpc) is 2.76. The molecule has 0 radical (unpaired) electrons. The molecule has 0 aliphatic rings. The van der Waals surface area contributed by atoms with E-state index < -0.39 is 0 Å². The van der Waals surface area contributed by atoms with E-state index in [2.05, 4.69) is 43.1 Å². The first-order chi connectivity index (χ1) is 9.02. The van der Waals surface area contributed by atoms with E-state index in [1.165, 1.54) is 5.56 Å². The standard InChI is InChI=1S/C15H21N3O/c1-5-19-14-6-10(4)12(7-11(14)9(2)3)13-8-15(16)18-17-13/h6-9H,5H2,1-4H3,(H3,16,17,18). The van der Waals surface area contributed by atoms with Crippen molar-refractivity contribution in [2.45, 2.75) is 33.6 Å². The molecule has 0 amide bonds. The highest BCUT2D eigenvalue weighted by Crippen LogP contribution is 2.34. The summed E-state index contributed by atoms with van der Waals surface area (Å²) in [7, 11) is 0. The zero-order valence-corrected chi connectivity index (χ0v) is 11.9. The molecular weight excluding hydrogens is 238 g/mol. The zero-order chi connectivity index (χ0) is 14.0. The molecule has 3 N–H and O–H groups in total. The van der Waals surface area contributed by atoms with Gasteiger partial charge in [0.15, 0.2) is 0 Å². The first-order valence-electron chi connectivity index (χ1n) is 6.61. The summed E-state index contributed by atoms with van der Waals surface area (Å²) in [6.45, 7) is 9.08. The average molecular weight is 259 g/mol. The van der Waals surface area contributed by atoms with Gasteiger partial charge in [0.2, 0.25) is 0 Å². The molecule has 1 aromatic heterocycles. The van der Waals surface area contributed by atoms with Gasteiger partial charge in [-0.3, -0.25) is 5.10 Å². The Bertz CT molecular complexity index is 573. The third kappa shape index (κ3) is 2.72. The van der Waals surface area contributed by atoms with Crippen LogP contribution in [0.15, 0.2) is 18.2 Å². The van der Waals surface area contributed by atoms with Crippen LogP contribution in [0.3, 0.4) is 0 Å². The number of hydrogen-bond donors (Lipinski definition) is 2. The molecule has 0 saturated heterocycles. The van der Waals surface area contributed by atoms with Crippen LogP contribution < -0.4 is 10.5 Å². The van der Waals surface area contributed by atoms with E-state index in [1.54, 1.807) is 0 Å². The van der Waals surface area contributed by atoms with Crippen molar-refractivity contribution in [2.75, 3.05) is 12.3 Å². The van der Waals surface area contributed by atoms with Crippen molar-refractivity contribution < 1.29 is 4.74 Å². The Hall–Kier alpha value is -1.97. The van der Waals surface area contributed by atoms with Crippen LogP contribution in [-0.2, 0) is 0 Å². The molecule has 1 aromatic carbocycles. The van der Waals surface area contributed by atoms with Gasteiger partial charge >= 0.3 is 0 Å². The van der Waals surface area contributed by atoms with E-state index in [-0.39, 0.29) is 0 Å². The Morgan fingerprint density at radius 1 is 1.32 bits per heavy atom. The zero-order valence-electron chi connectivity index (χ0n) is 11.9. The number of aromatic amines is 1. The minimum Gasteiger partial charge on any atom is -0.494 e. The SMILES string of the molecule is CCOc1cc(C)c(-c2cc(N)n[nH]2)cc1C(C)C. The Morgan fingerprint density at radius 3 is 2.58 bits per heavy atom. The van der Waals surface area contributed by atoms with Crippen LogP contribution in [0, 0.1) is 6.92 Å². The van der Waals surface area contributed by atoms with Crippen LogP contribution >= 0.6 is 0 Å². The fourth-order valence-corrected chi connectivity index (χ4v) is 2.20. The highest BCUT2D eigenvalue weighted by molar-refractivity contribution is 5.68. The molecule has 0 spiro atoms. The number of aromatic nitrogens is 2. The van der Waals surface area contributed by atoms with Crippen molar-refractivity contribution >= 4 is 5.82 Å². The number of nitrogens with zero attached hydrogens (tertiary/aromatic N) is 1. The number of nitrogen functional groups attached to an aromatic ring is 1. The lowest BCUT2D eigenvalue weighted by atomic mass is 9.95. The van der Waals surface area contributed by atoms with E-state index in [0.29, 0.717) is 18.3 Å². The van der Waals surface area contributed by atoms with Gasteiger partial charge in [-0.05, 0) is 43.0 Å². The van der Waals surface area contributed by atoms with Gasteiger partial charge in [0.05, 0.1) is 12.3 Å². The van der Waals surface area contributed by atoms with Crippen LogP contribution in [0.1, 0.15) is 37.8 Å². The van der Waals surface area contributed by atoms with E-state index >= 15 is 0 Å². The molecule has 0 aliphatic heterocycles. The van der Waals surface area contributed by atoms with E-state index in [1.807, 2.05) is 13.0 Å². The molecular formula is C15H21N3O. The fourth-order valence-electron chi connectivity index (χ4n) is 2.20. The van der Waals surface area contributed by atoms with Gasteiger partial charge in [-0.1, -0.05) is 13.8 Å². The normalized spacial score (nSPS) is 11.0. The number of nitrogens with two attached hydrogens (primary N) is 1. The molecule has 19 heavy (non-hydrogen) atoms. The summed E-state index contributed by atoms with van der Waals surface area (Å²) < 4.78 is 5.72. The predicted molar refractivity (Wildman–Crippen MR) is 78.4 cm³/mol. The van der Waals surface area contributed by atoms with Crippen LogP contribution in [0.25, 0.3) is 11.3 Å². The van der Waals surface area contributed by atoms with Crippen molar-refractivity contribution in [1.29, 1.82) is 0 Å². The Morgan fingerprint density at radius 2 is 2.05 bits per heavy atom. The minimum absolute atomic E-state index is 0.404. The largest absolute Gasteiger partial charge is 0.494 e. The molecule has 2 rings (SSSR count). The van der Waals surface area contributed by atoms with Crippen molar-refractivity contribution in [1.82, 2.24) is 10.2 Å². The second-order valence-corrected chi connectivity index (χ2v) is 5.00. The first kappa shape index (κ1) is 13.5. The molecule has 4 nitrogen and oxygen atoms in total. The number of hydrogen-bond acceptors (Lipinski definition) is 3. The van der Waals surface area contributed by atoms with Crippen LogP contribution in [0.4, 0.5) is 5.82 Å². The Balaban J connectivity index is 2.54. The topological polar surface area (TPSA) is 63.9 Å². The second kappa shape index (κ2) is 5.34. The van der Waals surface area contributed by atoms with Crippen LogP contribution in [0.2, 0.25) is 0 Å². The van der Waals surface area contributed by atoms with E-state index in [9.17, 15) is 0 Å². The number of ether oxygens (including phenoxy) is 1. The lowest BCUT2D eigenvalue weighted by Crippen LogP contribution is -2.00. The molecule has 102 valence electrons. The maximum atomic E-state index is 5.72. The number of nitrogens with one attached hydrogen (secondary N) is 1. The lowest BCUT2D eigenvalue weighted by Gasteiger charge is -2.16. The number of benzene rings is 1. The molecule has 0 saturated carbocycles. The van der Waals surface area contributed by atoms with Gasteiger partial charge in [0.25, 0.3) is 0 Å². The molecule has 1 heterocycles. The van der Waals surface area contributed by atoms with Gasteiger partial charge in [0.1, 0.15) is 11.6 Å². The number of H-pyrrole nitrogens is 1. The summed E-state index contributed by atoms with van der Waals surface area (Å²) in [6.07, 6.45) is 0. The molecule has 0 unspecified atom stereocenters. The Labute approximate surface area is 114 Å². The summed E-state index contributed by atoms with van der Waals surface area (Å²) in [4.78, 5) is 0. The number of rotatable bonds is 4. The third-order valence-electron chi connectivity index (χ3n) is 3.17. The summed E-state index contributed by atoms with van der Waals surface area (Å²) in [5.74, 6) is 1.88. The fraction of sp³-hybridized carbons (Fsp3) is 0.400. The van der Waals surface area contributed by atoms with E-state index in [0.717, 1.165) is 22.6 Å². The maximum Gasteiger partial charge on any atom is 0.145 e. The lowest BCUT2D eigenvalue weighted by molar-refractivity contribution is 0.335. The quantitative estimate of drug-likeness (QED) is 0.883. The summed E-state index contributed by atoms with van der Waals surface area (Å²) in [5.41, 5.74) is 10.1. The summed E-state index contributed by atoms with van der Waals surface area (Å²) in [6, 6.07) is 6.11. The van der Waals surface area contributed by atoms with Gasteiger partial charge < -0.3 is 10.5 Å². The first-order valence-corrected chi connectivity index (χ1v) is 6.61. The number of aryl methyl sites for hydroxylation is 1. The molecule has 0 aliphatic carbocycles. The molecule has 0 atom stereocenters. The predicted octanol–water partition coefficient (Wildman–Crippen LogP) is 3.49. The molecule has 0 bridgehead atoms. The molecule has 2 aromatic rings. The van der Waals surface area contributed by atoms with Gasteiger partial charge in [-0.2, -0.15) is 5.10 Å².